The Balaban J connectivity index is 1.84. The van der Waals surface area contributed by atoms with Crippen LogP contribution >= 0.6 is 11.6 Å². The van der Waals surface area contributed by atoms with Crippen molar-refractivity contribution < 1.29 is 13.2 Å². The number of nitrogens with one attached hydrogen (secondary N) is 1. The van der Waals surface area contributed by atoms with E-state index in [1.165, 1.54) is 24.3 Å². The predicted octanol–water partition coefficient (Wildman–Crippen LogP) is 2.64. The number of sulfone groups is 1. The van der Waals surface area contributed by atoms with E-state index in [0.717, 1.165) is 5.56 Å². The zero-order valence-electron chi connectivity index (χ0n) is 15.8. The molecule has 1 aliphatic heterocycles. The van der Waals surface area contributed by atoms with Crippen LogP contribution < -0.4 is 5.32 Å². The second kappa shape index (κ2) is 9.40. The lowest BCUT2D eigenvalue weighted by Crippen LogP contribution is -2.40. The molecule has 1 amide bonds. The first-order valence-corrected chi connectivity index (χ1v) is 11.2. The molecule has 0 saturated carbocycles. The Morgan fingerprint density at radius 3 is 2.48 bits per heavy atom. The van der Waals surface area contributed by atoms with Crippen LogP contribution in [0.25, 0.3) is 0 Å². The number of carbonyl (C=O) groups is 1. The molecule has 0 aliphatic carbocycles. The van der Waals surface area contributed by atoms with Gasteiger partial charge in [-0.15, -0.1) is 0 Å². The molecule has 6 nitrogen and oxygen atoms in total. The van der Waals surface area contributed by atoms with Gasteiger partial charge in [0.25, 0.3) is 0 Å². The third-order valence-electron chi connectivity index (χ3n) is 5.00. The number of benzene rings is 2. The molecule has 1 fully saturated rings. The summed E-state index contributed by atoms with van der Waals surface area (Å²) in [6.07, 6.45) is 0.181. The van der Waals surface area contributed by atoms with Gasteiger partial charge in [-0.2, -0.15) is 5.26 Å². The molecule has 0 bridgehead atoms. The van der Waals surface area contributed by atoms with E-state index in [9.17, 15) is 13.2 Å². The molecule has 3 rings (SSSR count). The molecule has 29 heavy (non-hydrogen) atoms. The lowest BCUT2D eigenvalue weighted by Gasteiger charge is -2.18. The van der Waals surface area contributed by atoms with Crippen LogP contribution in [0.3, 0.4) is 0 Å². The van der Waals surface area contributed by atoms with Crippen molar-refractivity contribution >= 4 is 27.3 Å². The average molecular weight is 432 g/mol. The molecule has 152 valence electrons. The Morgan fingerprint density at radius 1 is 1.14 bits per heavy atom. The highest BCUT2D eigenvalue weighted by molar-refractivity contribution is 7.92. The third-order valence-corrected chi connectivity index (χ3v) is 7.46. The van der Waals surface area contributed by atoms with Crippen LogP contribution in [0.5, 0.6) is 0 Å². The zero-order chi connectivity index (χ0) is 20.9. The van der Waals surface area contributed by atoms with Crippen LogP contribution in [-0.2, 0) is 21.2 Å². The maximum Gasteiger partial charge on any atom is 0.225 e. The molecule has 2 aromatic rings. The van der Waals surface area contributed by atoms with Crippen LogP contribution in [0.2, 0.25) is 5.02 Å². The predicted molar refractivity (Wildman–Crippen MR) is 111 cm³/mol. The van der Waals surface area contributed by atoms with Gasteiger partial charge >= 0.3 is 0 Å². The van der Waals surface area contributed by atoms with Crippen LogP contribution in [0, 0.1) is 17.2 Å². The lowest BCUT2D eigenvalue weighted by molar-refractivity contribution is -0.124. The average Bonchev–Trinajstić information content (AvgIpc) is 3.14. The minimum absolute atomic E-state index is 0.156. The maximum absolute atomic E-state index is 13.3. The highest BCUT2D eigenvalue weighted by Gasteiger charge is 2.45. The fraction of sp³-hybridized carbons (Fsp3) is 0.333. The highest BCUT2D eigenvalue weighted by atomic mass is 35.5. The number of likely N-dealkylation sites (tertiary alicyclic amines) is 1. The molecule has 8 heteroatoms. The zero-order valence-corrected chi connectivity index (χ0v) is 17.4. The Kier molecular flexibility index (Phi) is 6.91. The van der Waals surface area contributed by atoms with E-state index in [1.807, 2.05) is 41.3 Å². The molecule has 1 aliphatic rings. The molecule has 0 radical (unpaired) electrons. The molecule has 1 heterocycles. The van der Waals surface area contributed by atoms with Crippen LogP contribution in [0.1, 0.15) is 12.0 Å². The number of nitriles is 1. The van der Waals surface area contributed by atoms with E-state index in [2.05, 4.69) is 5.32 Å². The van der Waals surface area contributed by atoms with E-state index >= 15 is 0 Å². The van der Waals surface area contributed by atoms with Gasteiger partial charge in [0.1, 0.15) is 0 Å². The Morgan fingerprint density at radius 2 is 1.83 bits per heavy atom. The van der Waals surface area contributed by atoms with E-state index in [0.29, 0.717) is 18.1 Å². The Hall–Kier alpha value is -2.40. The monoisotopic (exact) mass is 431 g/mol. The van der Waals surface area contributed by atoms with E-state index < -0.39 is 21.0 Å². The molecule has 0 unspecified atom stereocenters. The summed E-state index contributed by atoms with van der Waals surface area (Å²) in [5.41, 5.74) is 1.06. The number of hydrogen-bond acceptors (Lipinski definition) is 5. The fourth-order valence-electron chi connectivity index (χ4n) is 3.56. The molecular weight excluding hydrogens is 410 g/mol. The summed E-state index contributed by atoms with van der Waals surface area (Å²) in [6, 6.07) is 17.7. The molecule has 0 aromatic heterocycles. The first-order valence-electron chi connectivity index (χ1n) is 9.32. The number of carbonyl (C=O) groups excluding carboxylic acids is 1. The number of hydrogen-bond donors (Lipinski definition) is 1. The first-order chi connectivity index (χ1) is 13.9. The summed E-state index contributed by atoms with van der Waals surface area (Å²) >= 11 is 5.89. The largest absolute Gasteiger partial charge is 0.355 e. The quantitative estimate of drug-likeness (QED) is 0.680. The summed E-state index contributed by atoms with van der Waals surface area (Å²) in [4.78, 5) is 14.9. The van der Waals surface area contributed by atoms with Gasteiger partial charge in [-0.1, -0.05) is 41.9 Å². The van der Waals surface area contributed by atoms with Crippen molar-refractivity contribution in [3.8, 4) is 6.07 Å². The van der Waals surface area contributed by atoms with Crippen LogP contribution in [-0.4, -0.2) is 44.1 Å². The second-order valence-electron chi connectivity index (χ2n) is 7.02. The van der Waals surface area contributed by atoms with Crippen LogP contribution in [0.4, 0.5) is 0 Å². The van der Waals surface area contributed by atoms with E-state index in [1.54, 1.807) is 0 Å². The molecule has 0 spiro atoms. The van der Waals surface area contributed by atoms with E-state index in [-0.39, 0.29) is 30.3 Å². The summed E-state index contributed by atoms with van der Waals surface area (Å²) in [5, 5.41) is 11.0. The summed E-state index contributed by atoms with van der Waals surface area (Å²) in [6.45, 7) is 1.37. The lowest BCUT2D eigenvalue weighted by atomic mass is 10.1. The third kappa shape index (κ3) is 5.15. The Bertz CT molecular complexity index is 988. The van der Waals surface area contributed by atoms with Crippen LogP contribution in [0.15, 0.2) is 59.5 Å². The van der Waals surface area contributed by atoms with Crippen molar-refractivity contribution in [3.63, 3.8) is 0 Å². The van der Waals surface area contributed by atoms with Gasteiger partial charge in [0.15, 0.2) is 9.84 Å². The van der Waals surface area contributed by atoms with Gasteiger partial charge in [0.2, 0.25) is 5.91 Å². The fourth-order valence-corrected chi connectivity index (χ4v) is 5.60. The number of nitrogens with zero attached hydrogens (tertiary/aromatic N) is 2. The molecule has 1 N–H and O–H groups in total. The number of amides is 1. The molecular formula is C21H22ClN3O3S. The minimum atomic E-state index is -3.73. The van der Waals surface area contributed by atoms with Gasteiger partial charge in [-0.3, -0.25) is 9.69 Å². The summed E-state index contributed by atoms with van der Waals surface area (Å²) < 4.78 is 26.6. The smallest absolute Gasteiger partial charge is 0.225 e. The second-order valence-corrected chi connectivity index (χ2v) is 9.63. The van der Waals surface area contributed by atoms with Gasteiger partial charge in [-0.25, -0.2) is 8.42 Å². The van der Waals surface area contributed by atoms with Crippen molar-refractivity contribution in [2.75, 3.05) is 19.6 Å². The van der Waals surface area contributed by atoms with Crippen molar-refractivity contribution in [2.24, 2.45) is 5.92 Å². The van der Waals surface area contributed by atoms with Gasteiger partial charge in [0, 0.05) is 31.2 Å². The van der Waals surface area contributed by atoms with Crippen molar-refractivity contribution in [3.05, 3.63) is 65.2 Å². The first kappa shape index (κ1) is 21.3. The van der Waals surface area contributed by atoms with Crippen molar-refractivity contribution in [1.82, 2.24) is 10.2 Å². The normalized spacial score (nSPS) is 19.6. The Labute approximate surface area is 176 Å². The highest BCUT2D eigenvalue weighted by Crippen LogP contribution is 2.30. The number of rotatable bonds is 7. The van der Waals surface area contributed by atoms with Gasteiger partial charge in [0.05, 0.1) is 28.6 Å². The molecule has 2 atom stereocenters. The summed E-state index contributed by atoms with van der Waals surface area (Å²) in [5.74, 6) is -1.04. The minimum Gasteiger partial charge on any atom is -0.355 e. The molecule has 1 saturated heterocycles. The van der Waals surface area contributed by atoms with E-state index in [4.69, 9.17) is 16.9 Å². The summed E-state index contributed by atoms with van der Waals surface area (Å²) in [7, 11) is -3.73. The SMILES string of the molecule is N#CCCNC(=O)[C@H]1CN(Cc2ccccc2)C[C@@H]1S(=O)(=O)c1ccc(Cl)cc1. The van der Waals surface area contributed by atoms with Gasteiger partial charge in [-0.05, 0) is 29.8 Å². The maximum atomic E-state index is 13.3. The van der Waals surface area contributed by atoms with Crippen molar-refractivity contribution in [2.45, 2.75) is 23.1 Å². The van der Waals surface area contributed by atoms with Crippen molar-refractivity contribution in [1.29, 1.82) is 5.26 Å². The topological polar surface area (TPSA) is 90.3 Å². The van der Waals surface area contributed by atoms with Gasteiger partial charge < -0.3 is 5.32 Å². The standard InChI is InChI=1S/C21H22ClN3O3S/c22-17-7-9-18(10-8-17)29(27,28)20-15-25(13-16-5-2-1-3-6-16)14-19(20)21(26)24-12-4-11-23/h1-3,5-10,19-20H,4,12-15H2,(H,24,26)/t19-,20-/m0/s1. The number of halogens is 1. The molecule has 2 aromatic carbocycles.